The van der Waals surface area contributed by atoms with Gasteiger partial charge in [-0.15, -0.1) is 0 Å². The van der Waals surface area contributed by atoms with Gasteiger partial charge in [-0.1, -0.05) is 45.7 Å². The van der Waals surface area contributed by atoms with E-state index >= 15 is 0 Å². The Balaban J connectivity index is 1.98. The van der Waals surface area contributed by atoms with E-state index in [1.54, 1.807) is 7.11 Å². The Kier molecular flexibility index (Phi) is 5.46. The number of nitrogens with one attached hydrogen (secondary N) is 1. The van der Waals surface area contributed by atoms with Crippen LogP contribution in [0.2, 0.25) is 5.02 Å². The highest BCUT2D eigenvalue weighted by Crippen LogP contribution is 2.26. The first kappa shape index (κ1) is 15.4. The molecule has 0 saturated carbocycles. The highest BCUT2D eigenvalue weighted by molar-refractivity contribution is 9.10. The van der Waals surface area contributed by atoms with Gasteiger partial charge in [0.2, 0.25) is 0 Å². The minimum atomic E-state index is 0.192. The van der Waals surface area contributed by atoms with Gasteiger partial charge >= 0.3 is 0 Å². The van der Waals surface area contributed by atoms with Crippen molar-refractivity contribution < 1.29 is 4.74 Å². The Hall–Kier alpha value is -1.03. The van der Waals surface area contributed by atoms with Crippen LogP contribution < -0.4 is 10.1 Å². The molecule has 0 saturated heterocycles. The number of hydrogen-bond acceptors (Lipinski definition) is 2. The van der Waals surface area contributed by atoms with E-state index < -0.39 is 0 Å². The zero-order valence-electron chi connectivity index (χ0n) is 11.5. The first-order valence-corrected chi connectivity index (χ1v) is 7.58. The van der Waals surface area contributed by atoms with Gasteiger partial charge in [-0.25, -0.2) is 0 Å². The summed E-state index contributed by atoms with van der Waals surface area (Å²) in [6.07, 6.45) is 0. The van der Waals surface area contributed by atoms with Crippen LogP contribution in [0.3, 0.4) is 0 Å². The minimum Gasteiger partial charge on any atom is -0.497 e. The summed E-state index contributed by atoms with van der Waals surface area (Å²) in [6, 6.07) is 14.2. The lowest BCUT2D eigenvalue weighted by molar-refractivity contribution is 0.414. The number of rotatable bonds is 5. The van der Waals surface area contributed by atoms with Crippen molar-refractivity contribution in [3.05, 3.63) is 63.1 Å². The van der Waals surface area contributed by atoms with Crippen molar-refractivity contribution in [3.63, 3.8) is 0 Å². The van der Waals surface area contributed by atoms with Crippen LogP contribution in [0.15, 0.2) is 46.9 Å². The number of halogens is 2. The Morgan fingerprint density at radius 2 is 1.90 bits per heavy atom. The van der Waals surface area contributed by atoms with E-state index in [9.17, 15) is 0 Å². The molecule has 2 nitrogen and oxygen atoms in total. The lowest BCUT2D eigenvalue weighted by atomic mass is 10.1. The molecule has 0 bridgehead atoms. The van der Waals surface area contributed by atoms with Crippen molar-refractivity contribution in [2.75, 3.05) is 7.11 Å². The maximum atomic E-state index is 6.26. The quantitative estimate of drug-likeness (QED) is 0.819. The number of hydrogen-bond donors (Lipinski definition) is 1. The summed E-state index contributed by atoms with van der Waals surface area (Å²) in [5.74, 6) is 0.873. The third-order valence-electron chi connectivity index (χ3n) is 3.20. The second kappa shape index (κ2) is 7.11. The Morgan fingerprint density at radius 3 is 2.50 bits per heavy atom. The van der Waals surface area contributed by atoms with Crippen molar-refractivity contribution in [2.24, 2.45) is 0 Å². The van der Waals surface area contributed by atoms with Crippen LogP contribution in [0.4, 0.5) is 0 Å². The fraction of sp³-hybridized carbons (Fsp3) is 0.250. The van der Waals surface area contributed by atoms with Crippen molar-refractivity contribution in [3.8, 4) is 5.75 Å². The van der Waals surface area contributed by atoms with Crippen molar-refractivity contribution in [1.29, 1.82) is 0 Å². The Labute approximate surface area is 133 Å². The first-order valence-electron chi connectivity index (χ1n) is 6.41. The molecule has 0 aliphatic heterocycles. The summed E-state index contributed by atoms with van der Waals surface area (Å²) in [5, 5.41) is 4.24. The average molecular weight is 355 g/mol. The predicted molar refractivity (Wildman–Crippen MR) is 87.4 cm³/mol. The summed E-state index contributed by atoms with van der Waals surface area (Å²) >= 11 is 9.68. The molecular formula is C16H17BrClNO. The number of methoxy groups -OCH3 is 1. The summed E-state index contributed by atoms with van der Waals surface area (Å²) in [7, 11) is 1.67. The molecule has 1 unspecified atom stereocenters. The van der Waals surface area contributed by atoms with Crippen molar-refractivity contribution in [2.45, 2.75) is 19.5 Å². The standard InChI is InChI=1S/C16H17BrClNO/c1-11(15-8-5-13(17)9-16(15)18)19-10-12-3-6-14(20-2)7-4-12/h3-9,11,19H,10H2,1-2H3. The second-order valence-electron chi connectivity index (χ2n) is 4.62. The molecule has 20 heavy (non-hydrogen) atoms. The monoisotopic (exact) mass is 353 g/mol. The van der Waals surface area contributed by atoms with Gasteiger partial charge < -0.3 is 10.1 Å². The zero-order valence-corrected chi connectivity index (χ0v) is 13.8. The molecule has 0 aromatic heterocycles. The van der Waals surface area contributed by atoms with E-state index in [1.165, 1.54) is 5.56 Å². The van der Waals surface area contributed by atoms with Crippen LogP contribution in [-0.4, -0.2) is 7.11 Å². The van der Waals surface area contributed by atoms with Gasteiger partial charge in [0.1, 0.15) is 5.75 Å². The summed E-state index contributed by atoms with van der Waals surface area (Å²) in [6.45, 7) is 2.90. The van der Waals surface area contributed by atoms with Gasteiger partial charge in [0, 0.05) is 22.1 Å². The third kappa shape index (κ3) is 3.98. The van der Waals surface area contributed by atoms with Crippen LogP contribution in [0.5, 0.6) is 5.75 Å². The molecule has 0 spiro atoms. The van der Waals surface area contributed by atoms with Gasteiger partial charge in [0.15, 0.2) is 0 Å². The topological polar surface area (TPSA) is 21.3 Å². The highest BCUT2D eigenvalue weighted by Gasteiger charge is 2.09. The molecule has 4 heteroatoms. The number of benzene rings is 2. The largest absolute Gasteiger partial charge is 0.497 e. The van der Waals surface area contributed by atoms with Gasteiger partial charge in [-0.05, 0) is 42.3 Å². The van der Waals surface area contributed by atoms with Crippen molar-refractivity contribution >= 4 is 27.5 Å². The molecule has 0 fully saturated rings. The fourth-order valence-corrected chi connectivity index (χ4v) is 2.81. The van der Waals surface area contributed by atoms with Gasteiger partial charge in [-0.3, -0.25) is 0 Å². The first-order chi connectivity index (χ1) is 9.60. The Bertz CT molecular complexity index is 571. The Morgan fingerprint density at radius 1 is 1.20 bits per heavy atom. The summed E-state index contributed by atoms with van der Waals surface area (Å²) < 4.78 is 6.14. The predicted octanol–water partition coefficient (Wildman–Crippen LogP) is 4.96. The zero-order chi connectivity index (χ0) is 14.5. The summed E-state index contributed by atoms with van der Waals surface area (Å²) in [4.78, 5) is 0. The molecule has 2 rings (SSSR count). The molecule has 2 aromatic carbocycles. The molecule has 1 N–H and O–H groups in total. The van der Waals surface area contributed by atoms with E-state index in [0.29, 0.717) is 0 Å². The molecule has 2 aromatic rings. The molecular weight excluding hydrogens is 338 g/mol. The van der Waals surface area contributed by atoms with E-state index in [2.05, 4.69) is 40.3 Å². The molecule has 0 aliphatic rings. The molecule has 106 valence electrons. The van der Waals surface area contributed by atoms with Crippen molar-refractivity contribution in [1.82, 2.24) is 5.32 Å². The van der Waals surface area contributed by atoms with Crippen LogP contribution >= 0.6 is 27.5 Å². The van der Waals surface area contributed by atoms with Crippen LogP contribution in [0, 0.1) is 0 Å². The van der Waals surface area contributed by atoms with E-state index in [1.807, 2.05) is 30.3 Å². The van der Waals surface area contributed by atoms with Crippen LogP contribution in [0.25, 0.3) is 0 Å². The molecule has 1 atom stereocenters. The smallest absolute Gasteiger partial charge is 0.118 e. The number of ether oxygens (including phenoxy) is 1. The van der Waals surface area contributed by atoms with E-state index in [0.717, 1.165) is 27.4 Å². The van der Waals surface area contributed by atoms with E-state index in [-0.39, 0.29) is 6.04 Å². The van der Waals surface area contributed by atoms with Gasteiger partial charge in [-0.2, -0.15) is 0 Å². The second-order valence-corrected chi connectivity index (χ2v) is 5.94. The highest BCUT2D eigenvalue weighted by atomic mass is 79.9. The SMILES string of the molecule is COc1ccc(CNC(C)c2ccc(Br)cc2Cl)cc1. The molecule has 0 radical (unpaired) electrons. The summed E-state index contributed by atoms with van der Waals surface area (Å²) in [5.41, 5.74) is 2.31. The molecule has 0 amide bonds. The molecule has 0 heterocycles. The lowest BCUT2D eigenvalue weighted by Crippen LogP contribution is -2.18. The normalized spacial score (nSPS) is 12.2. The average Bonchev–Trinajstić information content (AvgIpc) is 2.45. The van der Waals surface area contributed by atoms with Crippen LogP contribution in [0.1, 0.15) is 24.1 Å². The third-order valence-corrected chi connectivity index (χ3v) is 4.02. The van der Waals surface area contributed by atoms with Gasteiger partial charge in [0.05, 0.1) is 7.11 Å². The van der Waals surface area contributed by atoms with Crippen LogP contribution in [-0.2, 0) is 6.54 Å². The molecule has 0 aliphatic carbocycles. The maximum absolute atomic E-state index is 6.26. The minimum absolute atomic E-state index is 0.192. The van der Waals surface area contributed by atoms with Gasteiger partial charge in [0.25, 0.3) is 0 Å². The fourth-order valence-electron chi connectivity index (χ4n) is 1.98. The lowest BCUT2D eigenvalue weighted by Gasteiger charge is -2.16. The van der Waals surface area contributed by atoms with E-state index in [4.69, 9.17) is 16.3 Å². The maximum Gasteiger partial charge on any atom is 0.118 e.